The predicted molar refractivity (Wildman–Crippen MR) is 121 cm³/mol. The van der Waals surface area contributed by atoms with Crippen LogP contribution in [0.15, 0.2) is 24.3 Å². The number of urea groups is 1. The zero-order valence-electron chi connectivity index (χ0n) is 18.3. The van der Waals surface area contributed by atoms with Gasteiger partial charge in [-0.3, -0.25) is 4.79 Å². The van der Waals surface area contributed by atoms with Crippen LogP contribution in [0.3, 0.4) is 0 Å². The van der Waals surface area contributed by atoms with Gasteiger partial charge in [0.05, 0.1) is 24.9 Å². The number of rotatable bonds is 4. The highest BCUT2D eigenvalue weighted by atomic mass is 16.5. The van der Waals surface area contributed by atoms with Crippen molar-refractivity contribution in [2.75, 3.05) is 49.6 Å². The summed E-state index contributed by atoms with van der Waals surface area (Å²) in [6.07, 6.45) is 2.16. The molecule has 4 heterocycles. The summed E-state index contributed by atoms with van der Waals surface area (Å²) in [6.45, 7) is 6.14. The fraction of sp³-hybridized carbons (Fsp3) is 0.478. The lowest BCUT2D eigenvalue weighted by molar-refractivity contribution is -0.129. The normalized spacial score (nSPS) is 20.0. The minimum atomic E-state index is -0.231. The summed E-state index contributed by atoms with van der Waals surface area (Å²) in [4.78, 5) is 38.4. The van der Waals surface area contributed by atoms with E-state index in [-0.39, 0.29) is 18.0 Å². The molecule has 5 rings (SSSR count). The summed E-state index contributed by atoms with van der Waals surface area (Å²) in [5.41, 5.74) is 3.74. The van der Waals surface area contributed by atoms with Crippen molar-refractivity contribution in [1.82, 2.24) is 20.2 Å². The van der Waals surface area contributed by atoms with Crippen molar-refractivity contribution in [3.8, 4) is 11.4 Å². The van der Waals surface area contributed by atoms with Gasteiger partial charge < -0.3 is 25.2 Å². The lowest BCUT2D eigenvalue weighted by Gasteiger charge is -2.36. The molecule has 1 unspecified atom stereocenters. The van der Waals surface area contributed by atoms with Gasteiger partial charge in [0, 0.05) is 49.4 Å². The number of hydrogen-bond acceptors (Lipinski definition) is 6. The zero-order chi connectivity index (χ0) is 22.1. The molecular formula is C23H28N6O3. The van der Waals surface area contributed by atoms with Crippen molar-refractivity contribution >= 4 is 23.4 Å². The molecule has 3 aliphatic heterocycles. The zero-order valence-corrected chi connectivity index (χ0v) is 18.3. The van der Waals surface area contributed by atoms with Gasteiger partial charge in [-0.25, -0.2) is 14.8 Å². The van der Waals surface area contributed by atoms with Crippen LogP contribution in [0.5, 0.6) is 0 Å². The molecule has 0 saturated carbocycles. The van der Waals surface area contributed by atoms with Gasteiger partial charge in [0.15, 0.2) is 5.82 Å². The quantitative estimate of drug-likeness (QED) is 0.763. The van der Waals surface area contributed by atoms with Crippen LogP contribution in [0.25, 0.3) is 11.4 Å². The molecule has 0 aliphatic carbocycles. The first-order valence-electron chi connectivity index (χ1n) is 11.3. The summed E-state index contributed by atoms with van der Waals surface area (Å²) < 4.78 is 5.55. The SMILES string of the molecule is CCNC(=O)Nc1ccc(-c2nc3c(c(N4CCOCC4)n2)CCN2C(=O)CCC32)cc1. The number of hydrogen-bond donors (Lipinski definition) is 2. The summed E-state index contributed by atoms with van der Waals surface area (Å²) in [5, 5.41) is 5.53. The monoisotopic (exact) mass is 436 g/mol. The van der Waals surface area contributed by atoms with Crippen molar-refractivity contribution in [2.24, 2.45) is 0 Å². The van der Waals surface area contributed by atoms with E-state index in [1.54, 1.807) is 0 Å². The molecule has 2 fully saturated rings. The number of carbonyl (C=O) groups is 2. The van der Waals surface area contributed by atoms with E-state index in [0.29, 0.717) is 37.7 Å². The Hall–Kier alpha value is -3.20. The van der Waals surface area contributed by atoms with Crippen molar-refractivity contribution in [3.05, 3.63) is 35.5 Å². The van der Waals surface area contributed by atoms with Crippen molar-refractivity contribution in [2.45, 2.75) is 32.2 Å². The van der Waals surface area contributed by atoms with E-state index >= 15 is 0 Å². The first kappa shape index (κ1) is 20.7. The summed E-state index contributed by atoms with van der Waals surface area (Å²) in [7, 11) is 0. The molecule has 0 radical (unpaired) electrons. The minimum Gasteiger partial charge on any atom is -0.378 e. The third kappa shape index (κ3) is 3.88. The van der Waals surface area contributed by atoms with E-state index in [1.807, 2.05) is 36.1 Å². The maximum absolute atomic E-state index is 12.3. The second-order valence-corrected chi connectivity index (χ2v) is 8.29. The van der Waals surface area contributed by atoms with Crippen molar-refractivity contribution in [3.63, 3.8) is 0 Å². The Morgan fingerprint density at radius 2 is 1.91 bits per heavy atom. The Morgan fingerprint density at radius 3 is 2.66 bits per heavy atom. The number of nitrogens with zero attached hydrogens (tertiary/aromatic N) is 4. The Morgan fingerprint density at radius 1 is 1.12 bits per heavy atom. The highest BCUT2D eigenvalue weighted by molar-refractivity contribution is 5.89. The Bertz CT molecular complexity index is 1020. The van der Waals surface area contributed by atoms with E-state index < -0.39 is 0 Å². The molecule has 9 nitrogen and oxygen atoms in total. The van der Waals surface area contributed by atoms with Crippen molar-refractivity contribution < 1.29 is 14.3 Å². The molecule has 32 heavy (non-hydrogen) atoms. The lowest BCUT2D eigenvalue weighted by Crippen LogP contribution is -2.40. The molecule has 2 N–H and O–H groups in total. The summed E-state index contributed by atoms with van der Waals surface area (Å²) in [6, 6.07) is 7.36. The molecule has 1 atom stereocenters. The number of anilines is 2. The van der Waals surface area contributed by atoms with Gasteiger partial charge in [0.1, 0.15) is 5.82 Å². The highest BCUT2D eigenvalue weighted by Gasteiger charge is 2.39. The molecule has 1 aromatic carbocycles. The minimum absolute atomic E-state index is 0.0338. The summed E-state index contributed by atoms with van der Waals surface area (Å²) in [5.74, 6) is 1.84. The fourth-order valence-corrected chi connectivity index (χ4v) is 4.74. The molecule has 1 aromatic heterocycles. The van der Waals surface area contributed by atoms with E-state index in [2.05, 4.69) is 15.5 Å². The number of amides is 3. The number of nitrogens with one attached hydrogen (secondary N) is 2. The van der Waals surface area contributed by atoms with E-state index in [1.165, 1.54) is 5.56 Å². The standard InChI is InChI=1S/C23H28N6O3/c1-2-24-23(31)25-16-5-3-15(4-6-16)21-26-20-17(9-10-29-18(20)7-8-19(29)30)22(27-21)28-11-13-32-14-12-28/h3-6,18H,2,7-14H2,1H3,(H2,24,25,31). The number of carbonyl (C=O) groups excluding carboxylic acids is 2. The van der Waals surface area contributed by atoms with E-state index in [0.717, 1.165) is 49.6 Å². The predicted octanol–water partition coefficient (Wildman–Crippen LogP) is 2.34. The second-order valence-electron chi connectivity index (χ2n) is 8.29. The van der Waals surface area contributed by atoms with Crippen LogP contribution in [-0.4, -0.2) is 66.2 Å². The van der Waals surface area contributed by atoms with Crippen LogP contribution in [0.1, 0.15) is 37.1 Å². The topological polar surface area (TPSA) is 99.7 Å². The maximum Gasteiger partial charge on any atom is 0.319 e. The molecule has 9 heteroatoms. The lowest BCUT2D eigenvalue weighted by atomic mass is 9.97. The molecule has 2 aromatic rings. The maximum atomic E-state index is 12.3. The Balaban J connectivity index is 1.51. The third-order valence-electron chi connectivity index (χ3n) is 6.31. The smallest absolute Gasteiger partial charge is 0.319 e. The molecule has 3 aliphatic rings. The first-order chi connectivity index (χ1) is 15.6. The number of benzene rings is 1. The van der Waals surface area contributed by atoms with Crippen LogP contribution in [0.2, 0.25) is 0 Å². The molecular weight excluding hydrogens is 408 g/mol. The molecule has 0 bridgehead atoms. The van der Waals surface area contributed by atoms with Gasteiger partial charge in [-0.15, -0.1) is 0 Å². The Kier molecular flexibility index (Phi) is 5.65. The number of morpholine rings is 1. The largest absolute Gasteiger partial charge is 0.378 e. The van der Waals surface area contributed by atoms with Gasteiger partial charge in [0.25, 0.3) is 0 Å². The number of fused-ring (bicyclic) bond motifs is 3. The van der Waals surface area contributed by atoms with Crippen LogP contribution in [-0.2, 0) is 16.0 Å². The second kappa shape index (κ2) is 8.74. The Labute approximate surface area is 187 Å². The third-order valence-corrected chi connectivity index (χ3v) is 6.31. The van der Waals surface area contributed by atoms with Gasteiger partial charge in [-0.1, -0.05) is 0 Å². The van der Waals surface area contributed by atoms with Gasteiger partial charge in [-0.05, 0) is 44.0 Å². The fourth-order valence-electron chi connectivity index (χ4n) is 4.74. The molecule has 2 saturated heterocycles. The van der Waals surface area contributed by atoms with Crippen LogP contribution in [0, 0.1) is 0 Å². The molecule has 3 amide bonds. The average Bonchev–Trinajstić information content (AvgIpc) is 3.21. The van der Waals surface area contributed by atoms with Gasteiger partial charge in [0.2, 0.25) is 5.91 Å². The van der Waals surface area contributed by atoms with Gasteiger partial charge in [-0.2, -0.15) is 0 Å². The highest BCUT2D eigenvalue weighted by Crippen LogP contribution is 2.41. The van der Waals surface area contributed by atoms with Crippen LogP contribution >= 0.6 is 0 Å². The summed E-state index contributed by atoms with van der Waals surface area (Å²) >= 11 is 0. The van der Waals surface area contributed by atoms with Crippen LogP contribution in [0.4, 0.5) is 16.3 Å². The van der Waals surface area contributed by atoms with E-state index in [4.69, 9.17) is 14.7 Å². The number of ether oxygens (including phenoxy) is 1. The van der Waals surface area contributed by atoms with Crippen LogP contribution < -0.4 is 15.5 Å². The first-order valence-corrected chi connectivity index (χ1v) is 11.3. The molecule has 168 valence electrons. The average molecular weight is 437 g/mol. The van der Waals surface area contributed by atoms with E-state index in [9.17, 15) is 9.59 Å². The molecule has 0 spiro atoms. The van der Waals surface area contributed by atoms with Gasteiger partial charge >= 0.3 is 6.03 Å². The van der Waals surface area contributed by atoms with Crippen molar-refractivity contribution in [1.29, 1.82) is 0 Å². The number of aromatic nitrogens is 2.